The van der Waals surface area contributed by atoms with Crippen LogP contribution in [0.5, 0.6) is 0 Å². The van der Waals surface area contributed by atoms with Gasteiger partial charge in [-0.1, -0.05) is 73.7 Å². The quantitative estimate of drug-likeness (QED) is 0.661. The highest BCUT2D eigenvalue weighted by atomic mass is 14.2. The van der Waals surface area contributed by atoms with Gasteiger partial charge < -0.3 is 0 Å². The summed E-state index contributed by atoms with van der Waals surface area (Å²) in [5.41, 5.74) is 2.71. The van der Waals surface area contributed by atoms with E-state index in [1.54, 1.807) is 0 Å². The van der Waals surface area contributed by atoms with E-state index < -0.39 is 0 Å². The van der Waals surface area contributed by atoms with Gasteiger partial charge >= 0.3 is 0 Å². The molecule has 1 unspecified atom stereocenters. The Morgan fingerprint density at radius 3 is 1.59 bits per heavy atom. The van der Waals surface area contributed by atoms with Crippen LogP contribution in [-0.2, 0) is 0 Å². The minimum absolute atomic E-state index is 0.398. The zero-order chi connectivity index (χ0) is 12.1. The van der Waals surface area contributed by atoms with Crippen LogP contribution in [-0.4, -0.2) is 0 Å². The van der Waals surface area contributed by atoms with Crippen molar-refractivity contribution < 1.29 is 0 Å². The van der Waals surface area contributed by atoms with Crippen LogP contribution in [0.2, 0.25) is 0 Å². The van der Waals surface area contributed by atoms with E-state index in [1.165, 1.54) is 11.1 Å². The van der Waals surface area contributed by atoms with Crippen LogP contribution in [0.15, 0.2) is 73.3 Å². The Morgan fingerprint density at radius 1 is 0.824 bits per heavy atom. The zero-order valence-corrected chi connectivity index (χ0v) is 10.2. The molecule has 0 heteroatoms. The molecule has 1 atom stereocenters. The van der Waals surface area contributed by atoms with Gasteiger partial charge in [0, 0.05) is 5.92 Å². The first-order valence-electron chi connectivity index (χ1n) is 6.05. The highest BCUT2D eigenvalue weighted by Gasteiger charge is 2.18. The fourth-order valence-corrected chi connectivity index (χ4v) is 2.26. The highest BCUT2D eigenvalue weighted by Crippen LogP contribution is 2.32. The standard InChI is InChI=1S/C17H18/c1-3-14(2)17(15-10-6-4-7-11-15)16-12-8-5-9-13-16/h3-14,17H,1H2,2H3. The normalized spacial score (nSPS) is 12.4. The van der Waals surface area contributed by atoms with E-state index in [0.29, 0.717) is 11.8 Å². The molecule has 0 radical (unpaired) electrons. The molecule has 0 spiro atoms. The number of rotatable bonds is 4. The lowest BCUT2D eigenvalue weighted by molar-refractivity contribution is 0.626. The van der Waals surface area contributed by atoms with Crippen molar-refractivity contribution in [2.24, 2.45) is 5.92 Å². The third-order valence-corrected chi connectivity index (χ3v) is 3.21. The van der Waals surface area contributed by atoms with Crippen molar-refractivity contribution in [2.75, 3.05) is 0 Å². The van der Waals surface area contributed by atoms with E-state index in [-0.39, 0.29) is 0 Å². The van der Waals surface area contributed by atoms with Crippen LogP contribution < -0.4 is 0 Å². The Labute approximate surface area is 104 Å². The summed E-state index contributed by atoms with van der Waals surface area (Å²) >= 11 is 0. The van der Waals surface area contributed by atoms with Gasteiger partial charge in [-0.3, -0.25) is 0 Å². The van der Waals surface area contributed by atoms with Crippen LogP contribution >= 0.6 is 0 Å². The van der Waals surface area contributed by atoms with Gasteiger partial charge in [-0.05, 0) is 17.0 Å². The lowest BCUT2D eigenvalue weighted by Gasteiger charge is -2.22. The number of hydrogen-bond donors (Lipinski definition) is 0. The van der Waals surface area contributed by atoms with Crippen molar-refractivity contribution in [3.63, 3.8) is 0 Å². The largest absolute Gasteiger partial charge is 0.103 e. The molecule has 0 bridgehead atoms. The summed E-state index contributed by atoms with van der Waals surface area (Å²) in [7, 11) is 0. The maximum absolute atomic E-state index is 3.93. The monoisotopic (exact) mass is 222 g/mol. The van der Waals surface area contributed by atoms with Gasteiger partial charge in [-0.15, -0.1) is 6.58 Å². The average Bonchev–Trinajstić information content (AvgIpc) is 2.41. The van der Waals surface area contributed by atoms with Crippen molar-refractivity contribution in [1.82, 2.24) is 0 Å². The first-order chi connectivity index (χ1) is 8.33. The van der Waals surface area contributed by atoms with Gasteiger partial charge in [0.2, 0.25) is 0 Å². The van der Waals surface area contributed by atoms with E-state index in [4.69, 9.17) is 0 Å². The Kier molecular flexibility index (Phi) is 3.77. The smallest absolute Gasteiger partial charge is 0.0149 e. The molecular weight excluding hydrogens is 204 g/mol. The lowest BCUT2D eigenvalue weighted by Crippen LogP contribution is -2.09. The van der Waals surface area contributed by atoms with Crippen molar-refractivity contribution in [1.29, 1.82) is 0 Å². The molecule has 0 N–H and O–H groups in total. The molecule has 0 nitrogen and oxygen atoms in total. The van der Waals surface area contributed by atoms with Crippen molar-refractivity contribution in [3.8, 4) is 0 Å². The zero-order valence-electron chi connectivity index (χ0n) is 10.2. The summed E-state index contributed by atoms with van der Waals surface area (Å²) in [6.45, 7) is 6.15. The molecule has 0 fully saturated rings. The molecule has 17 heavy (non-hydrogen) atoms. The van der Waals surface area contributed by atoms with Crippen LogP contribution in [0.1, 0.15) is 24.0 Å². The predicted molar refractivity (Wildman–Crippen MR) is 74.1 cm³/mol. The van der Waals surface area contributed by atoms with E-state index in [2.05, 4.69) is 74.2 Å². The summed E-state index contributed by atoms with van der Waals surface area (Å²) in [5, 5.41) is 0. The Balaban J connectivity index is 2.43. The van der Waals surface area contributed by atoms with Crippen molar-refractivity contribution in [3.05, 3.63) is 84.4 Å². The third-order valence-electron chi connectivity index (χ3n) is 3.21. The summed E-state index contributed by atoms with van der Waals surface area (Å²) in [5.74, 6) is 0.828. The van der Waals surface area contributed by atoms with Gasteiger partial charge in [-0.2, -0.15) is 0 Å². The molecule has 0 saturated carbocycles. The molecule has 0 heterocycles. The van der Waals surface area contributed by atoms with Gasteiger partial charge in [0.05, 0.1) is 0 Å². The molecule has 0 aliphatic carbocycles. The van der Waals surface area contributed by atoms with Crippen LogP contribution in [0.3, 0.4) is 0 Å². The first-order valence-corrected chi connectivity index (χ1v) is 6.05. The molecule has 0 saturated heterocycles. The molecule has 86 valence electrons. The lowest BCUT2D eigenvalue weighted by atomic mass is 9.82. The third kappa shape index (κ3) is 2.65. The van der Waals surface area contributed by atoms with E-state index in [9.17, 15) is 0 Å². The minimum atomic E-state index is 0.398. The second kappa shape index (κ2) is 5.49. The summed E-state index contributed by atoms with van der Waals surface area (Å²) in [6.07, 6.45) is 2.03. The van der Waals surface area contributed by atoms with E-state index in [0.717, 1.165) is 0 Å². The van der Waals surface area contributed by atoms with Gasteiger partial charge in [0.15, 0.2) is 0 Å². The van der Waals surface area contributed by atoms with Gasteiger partial charge in [0.1, 0.15) is 0 Å². The fourth-order valence-electron chi connectivity index (χ4n) is 2.26. The molecule has 2 rings (SSSR count). The Morgan fingerprint density at radius 2 is 1.24 bits per heavy atom. The SMILES string of the molecule is C=CC(C)C(c1ccccc1)c1ccccc1. The Hall–Kier alpha value is -1.82. The maximum atomic E-state index is 3.93. The molecule has 0 aromatic heterocycles. The highest BCUT2D eigenvalue weighted by molar-refractivity contribution is 5.33. The number of allylic oxidation sites excluding steroid dienone is 1. The molecule has 0 amide bonds. The van der Waals surface area contributed by atoms with E-state index >= 15 is 0 Å². The van der Waals surface area contributed by atoms with Crippen molar-refractivity contribution >= 4 is 0 Å². The second-order valence-corrected chi connectivity index (χ2v) is 4.39. The molecule has 2 aromatic rings. The van der Waals surface area contributed by atoms with Crippen molar-refractivity contribution in [2.45, 2.75) is 12.8 Å². The van der Waals surface area contributed by atoms with Crippen LogP contribution in [0.4, 0.5) is 0 Å². The summed E-state index contributed by atoms with van der Waals surface area (Å²) < 4.78 is 0. The Bertz CT molecular complexity index is 416. The average molecular weight is 222 g/mol. The molecule has 2 aromatic carbocycles. The second-order valence-electron chi connectivity index (χ2n) is 4.39. The number of benzene rings is 2. The van der Waals surface area contributed by atoms with Crippen LogP contribution in [0, 0.1) is 5.92 Å². The maximum Gasteiger partial charge on any atom is 0.0149 e. The van der Waals surface area contributed by atoms with Crippen LogP contribution in [0.25, 0.3) is 0 Å². The topological polar surface area (TPSA) is 0 Å². The van der Waals surface area contributed by atoms with E-state index in [1.807, 2.05) is 6.08 Å². The molecular formula is C17H18. The summed E-state index contributed by atoms with van der Waals surface area (Å²) in [4.78, 5) is 0. The minimum Gasteiger partial charge on any atom is -0.103 e. The molecule has 0 aliphatic heterocycles. The number of hydrogen-bond acceptors (Lipinski definition) is 0. The fraction of sp³-hybridized carbons (Fsp3) is 0.176. The molecule has 0 aliphatic rings. The summed E-state index contributed by atoms with van der Waals surface area (Å²) in [6, 6.07) is 21.3. The van der Waals surface area contributed by atoms with Gasteiger partial charge in [0.25, 0.3) is 0 Å². The predicted octanol–water partition coefficient (Wildman–Crippen LogP) is 4.64. The first kappa shape index (κ1) is 11.7. The van der Waals surface area contributed by atoms with Gasteiger partial charge in [-0.25, -0.2) is 0 Å².